The summed E-state index contributed by atoms with van der Waals surface area (Å²) in [5, 5.41) is 5.47. The summed E-state index contributed by atoms with van der Waals surface area (Å²) in [6, 6.07) is 0.405. The number of nitrogens with zero attached hydrogens (tertiary/aromatic N) is 5. The van der Waals surface area contributed by atoms with Gasteiger partial charge in [0.05, 0.1) is 5.39 Å². The molecule has 1 aliphatic heterocycles. The van der Waals surface area contributed by atoms with E-state index >= 15 is 0 Å². The minimum absolute atomic E-state index is 0.0265. The number of aromatic nitrogens is 4. The summed E-state index contributed by atoms with van der Waals surface area (Å²) in [6.45, 7) is 8.29. The summed E-state index contributed by atoms with van der Waals surface area (Å²) in [6.07, 6.45) is 5.54. The first-order valence-corrected chi connectivity index (χ1v) is 10.4. The number of aryl methyl sites for hydroxylation is 2. The Kier molecular flexibility index (Phi) is 4.53. The predicted octanol–water partition coefficient (Wildman–Crippen LogP) is 2.77. The molecular formula is C19H25N5O2S. The molecule has 27 heavy (non-hydrogen) atoms. The molecule has 8 heteroatoms. The van der Waals surface area contributed by atoms with E-state index in [4.69, 9.17) is 0 Å². The second kappa shape index (κ2) is 6.74. The fraction of sp³-hybridized carbons (Fsp3) is 0.579. The molecule has 2 atom stereocenters. The smallest absolute Gasteiger partial charge is 0.336 e. The zero-order valence-electron chi connectivity index (χ0n) is 16.2. The van der Waals surface area contributed by atoms with Crippen LogP contribution in [0.2, 0.25) is 0 Å². The molecule has 1 amide bonds. The van der Waals surface area contributed by atoms with Crippen molar-refractivity contribution >= 4 is 33.1 Å². The van der Waals surface area contributed by atoms with Crippen molar-refractivity contribution in [2.75, 3.05) is 0 Å². The highest BCUT2D eigenvalue weighted by molar-refractivity contribution is 7.18. The molecule has 0 saturated carbocycles. The maximum absolute atomic E-state index is 12.9. The Morgan fingerprint density at radius 3 is 2.67 bits per heavy atom. The van der Waals surface area contributed by atoms with Crippen LogP contribution in [-0.4, -0.2) is 42.1 Å². The van der Waals surface area contributed by atoms with Crippen molar-refractivity contribution < 1.29 is 4.79 Å². The number of piperidine rings is 1. The molecule has 0 radical (unpaired) electrons. The molecule has 0 spiro atoms. The number of carbonyl (C=O) groups is 1. The minimum atomic E-state index is -0.309. The van der Waals surface area contributed by atoms with Crippen molar-refractivity contribution in [3.05, 3.63) is 27.3 Å². The predicted molar refractivity (Wildman–Crippen MR) is 106 cm³/mol. The van der Waals surface area contributed by atoms with Crippen LogP contribution in [0.15, 0.2) is 11.1 Å². The monoisotopic (exact) mass is 387 g/mol. The van der Waals surface area contributed by atoms with Crippen molar-refractivity contribution in [1.29, 1.82) is 0 Å². The Morgan fingerprint density at radius 1 is 1.30 bits per heavy atom. The minimum Gasteiger partial charge on any atom is -0.336 e. The van der Waals surface area contributed by atoms with Gasteiger partial charge in [0, 0.05) is 17.0 Å². The standard InChI is InChI=1S/C19H25N5O2S/c1-5-14-13(4)27-18-16(14)17-21-23(19(26)22(17)10-20-18)9-15(25)24-11(2)7-6-8-12(24)3/h10-12H,5-9H2,1-4H3/t11-,12+. The maximum Gasteiger partial charge on any atom is 0.352 e. The normalized spacial score (nSPS) is 20.7. The van der Waals surface area contributed by atoms with E-state index in [9.17, 15) is 9.59 Å². The Balaban J connectivity index is 1.77. The molecule has 3 aromatic heterocycles. The second-order valence-electron chi connectivity index (χ2n) is 7.48. The third-order valence-electron chi connectivity index (χ3n) is 5.70. The highest BCUT2D eigenvalue weighted by Crippen LogP contribution is 2.31. The van der Waals surface area contributed by atoms with E-state index in [0.29, 0.717) is 5.65 Å². The number of thiophene rings is 1. The lowest BCUT2D eigenvalue weighted by Crippen LogP contribution is -2.49. The molecule has 1 aliphatic rings. The molecular weight excluding hydrogens is 362 g/mol. The fourth-order valence-corrected chi connectivity index (χ4v) is 5.42. The summed E-state index contributed by atoms with van der Waals surface area (Å²) in [4.78, 5) is 34.2. The van der Waals surface area contributed by atoms with Gasteiger partial charge in [-0.1, -0.05) is 6.92 Å². The Labute approximate surface area is 161 Å². The van der Waals surface area contributed by atoms with Gasteiger partial charge in [0.25, 0.3) is 0 Å². The first-order valence-electron chi connectivity index (χ1n) is 9.59. The van der Waals surface area contributed by atoms with Gasteiger partial charge in [0.15, 0.2) is 5.65 Å². The van der Waals surface area contributed by atoms with Crippen LogP contribution in [0.25, 0.3) is 15.9 Å². The van der Waals surface area contributed by atoms with Gasteiger partial charge in [-0.15, -0.1) is 16.4 Å². The molecule has 144 valence electrons. The molecule has 1 saturated heterocycles. The largest absolute Gasteiger partial charge is 0.352 e. The van der Waals surface area contributed by atoms with E-state index in [1.807, 2.05) is 4.90 Å². The lowest BCUT2D eigenvalue weighted by atomic mass is 9.97. The molecule has 7 nitrogen and oxygen atoms in total. The Hall–Kier alpha value is -2.22. The number of carbonyl (C=O) groups excluding carboxylic acids is 1. The fourth-order valence-electron chi connectivity index (χ4n) is 4.34. The summed E-state index contributed by atoms with van der Waals surface area (Å²) < 4.78 is 2.75. The zero-order valence-corrected chi connectivity index (χ0v) is 17.0. The quantitative estimate of drug-likeness (QED) is 0.693. The van der Waals surface area contributed by atoms with Gasteiger partial charge in [-0.2, -0.15) is 0 Å². The summed E-state index contributed by atoms with van der Waals surface area (Å²) in [5.41, 5.74) is 1.46. The molecule has 0 aromatic carbocycles. The van der Waals surface area contributed by atoms with Crippen LogP contribution in [0.1, 0.15) is 50.5 Å². The highest BCUT2D eigenvalue weighted by atomic mass is 32.1. The van der Waals surface area contributed by atoms with E-state index in [1.54, 1.807) is 11.3 Å². The topological polar surface area (TPSA) is 72.5 Å². The summed E-state index contributed by atoms with van der Waals surface area (Å²) >= 11 is 1.62. The second-order valence-corrected chi connectivity index (χ2v) is 8.68. The van der Waals surface area contributed by atoms with Gasteiger partial charge >= 0.3 is 5.69 Å². The number of amides is 1. The van der Waals surface area contributed by atoms with Crippen molar-refractivity contribution in [3.8, 4) is 0 Å². The van der Waals surface area contributed by atoms with Crippen LogP contribution in [-0.2, 0) is 17.8 Å². The molecule has 1 fully saturated rings. The molecule has 4 rings (SSSR count). The number of likely N-dealkylation sites (tertiary alicyclic amines) is 1. The van der Waals surface area contributed by atoms with Crippen molar-refractivity contribution in [2.45, 2.75) is 72.0 Å². The van der Waals surface area contributed by atoms with Gasteiger partial charge in [-0.25, -0.2) is 18.9 Å². The average molecular weight is 388 g/mol. The molecule has 3 aromatic rings. The lowest BCUT2D eigenvalue weighted by Gasteiger charge is -2.39. The molecule has 0 unspecified atom stereocenters. The van der Waals surface area contributed by atoms with Crippen molar-refractivity contribution in [2.24, 2.45) is 0 Å². The average Bonchev–Trinajstić information content (AvgIpc) is 3.11. The SMILES string of the molecule is CCc1c(C)sc2ncn3c(=O)n(CC(=O)N4[C@H](C)CCC[C@@H]4C)nc3c12. The summed E-state index contributed by atoms with van der Waals surface area (Å²) in [5.74, 6) is -0.0402. The Morgan fingerprint density at radius 2 is 2.00 bits per heavy atom. The third kappa shape index (κ3) is 2.86. The third-order valence-corrected chi connectivity index (χ3v) is 6.75. The number of hydrogen-bond acceptors (Lipinski definition) is 5. The van der Waals surface area contributed by atoms with Crippen LogP contribution in [0.3, 0.4) is 0 Å². The molecule has 0 aliphatic carbocycles. The number of hydrogen-bond donors (Lipinski definition) is 0. The molecule has 4 heterocycles. The van der Waals surface area contributed by atoms with Gasteiger partial charge in [-0.3, -0.25) is 4.79 Å². The van der Waals surface area contributed by atoms with E-state index < -0.39 is 0 Å². The molecule has 0 bridgehead atoms. The van der Waals surface area contributed by atoms with Gasteiger partial charge in [-0.05, 0) is 52.0 Å². The van der Waals surface area contributed by atoms with Crippen molar-refractivity contribution in [1.82, 2.24) is 24.1 Å². The Bertz CT molecular complexity index is 1070. The van der Waals surface area contributed by atoms with Crippen LogP contribution in [0.5, 0.6) is 0 Å². The van der Waals surface area contributed by atoms with Crippen LogP contribution >= 0.6 is 11.3 Å². The molecule has 0 N–H and O–H groups in total. The summed E-state index contributed by atoms with van der Waals surface area (Å²) in [7, 11) is 0. The van der Waals surface area contributed by atoms with Gasteiger partial charge in [0.2, 0.25) is 5.91 Å². The number of rotatable bonds is 3. The van der Waals surface area contributed by atoms with Crippen LogP contribution < -0.4 is 5.69 Å². The zero-order chi connectivity index (χ0) is 19.3. The van der Waals surface area contributed by atoms with E-state index in [2.05, 4.69) is 37.8 Å². The van der Waals surface area contributed by atoms with Crippen LogP contribution in [0.4, 0.5) is 0 Å². The van der Waals surface area contributed by atoms with Crippen molar-refractivity contribution in [3.63, 3.8) is 0 Å². The van der Waals surface area contributed by atoms with E-state index in [0.717, 1.165) is 35.9 Å². The lowest BCUT2D eigenvalue weighted by molar-refractivity contribution is -0.138. The number of fused-ring (bicyclic) bond motifs is 3. The highest BCUT2D eigenvalue weighted by Gasteiger charge is 2.29. The van der Waals surface area contributed by atoms with E-state index in [1.165, 1.54) is 25.9 Å². The maximum atomic E-state index is 12.9. The van der Waals surface area contributed by atoms with Crippen LogP contribution in [0, 0.1) is 6.92 Å². The van der Waals surface area contributed by atoms with Gasteiger partial charge in [0.1, 0.15) is 17.7 Å². The van der Waals surface area contributed by atoms with Gasteiger partial charge < -0.3 is 4.90 Å². The first kappa shape index (κ1) is 18.2. The van der Waals surface area contributed by atoms with E-state index in [-0.39, 0.29) is 30.2 Å². The first-order chi connectivity index (χ1) is 12.9.